The molecule has 3 atom stereocenters. The van der Waals surface area contributed by atoms with E-state index in [-0.39, 0.29) is 24.1 Å². The van der Waals surface area contributed by atoms with Gasteiger partial charge in [-0.3, -0.25) is 0 Å². The fourth-order valence-corrected chi connectivity index (χ4v) is 1.93. The summed E-state index contributed by atoms with van der Waals surface area (Å²) < 4.78 is 10.9. The van der Waals surface area contributed by atoms with Crippen LogP contribution in [0.25, 0.3) is 0 Å². The summed E-state index contributed by atoms with van der Waals surface area (Å²) in [5, 5.41) is 0. The van der Waals surface area contributed by atoms with Crippen LogP contribution >= 0.6 is 0 Å². The van der Waals surface area contributed by atoms with Crippen LogP contribution < -0.4 is 0 Å². The molecule has 0 bridgehead atoms. The third-order valence-electron chi connectivity index (χ3n) is 2.90. The van der Waals surface area contributed by atoms with Gasteiger partial charge in [-0.15, -0.1) is 0 Å². The highest BCUT2D eigenvalue weighted by atomic mass is 16.6. The van der Waals surface area contributed by atoms with Crippen LogP contribution in [0.2, 0.25) is 0 Å². The maximum atomic E-state index is 11.8. The lowest BCUT2D eigenvalue weighted by Gasteiger charge is -2.18. The number of esters is 1. The van der Waals surface area contributed by atoms with Crippen molar-refractivity contribution in [2.45, 2.75) is 26.1 Å². The van der Waals surface area contributed by atoms with Crippen LogP contribution in [0, 0.1) is 5.92 Å². The normalized spacial score (nSPS) is 29.0. The van der Waals surface area contributed by atoms with Crippen LogP contribution in [-0.4, -0.2) is 24.8 Å². The van der Waals surface area contributed by atoms with Crippen molar-refractivity contribution in [3.05, 3.63) is 35.9 Å². The molecular weight excluding hydrogens is 204 g/mol. The maximum Gasteiger partial charge on any atom is 0.338 e. The van der Waals surface area contributed by atoms with Gasteiger partial charge in [-0.2, -0.15) is 0 Å². The van der Waals surface area contributed by atoms with Gasteiger partial charge in [0.1, 0.15) is 6.10 Å². The molecule has 3 nitrogen and oxygen atoms in total. The third-order valence-corrected chi connectivity index (χ3v) is 2.90. The highest BCUT2D eigenvalue weighted by Gasteiger charge is 2.34. The highest BCUT2D eigenvalue weighted by molar-refractivity contribution is 5.89. The number of hydrogen-bond donors (Lipinski definition) is 0. The van der Waals surface area contributed by atoms with E-state index in [1.54, 1.807) is 12.1 Å². The Morgan fingerprint density at radius 1 is 1.31 bits per heavy atom. The molecule has 1 unspecified atom stereocenters. The van der Waals surface area contributed by atoms with Crippen molar-refractivity contribution in [1.29, 1.82) is 0 Å². The summed E-state index contributed by atoms with van der Waals surface area (Å²) in [7, 11) is 0. The number of benzene rings is 1. The monoisotopic (exact) mass is 220 g/mol. The molecule has 0 amide bonds. The summed E-state index contributed by atoms with van der Waals surface area (Å²) in [6.07, 6.45) is -0.143. The van der Waals surface area contributed by atoms with Gasteiger partial charge in [0.2, 0.25) is 0 Å². The highest BCUT2D eigenvalue weighted by Crippen LogP contribution is 2.23. The predicted molar refractivity (Wildman–Crippen MR) is 60.2 cm³/mol. The molecule has 0 N–H and O–H groups in total. The lowest BCUT2D eigenvalue weighted by atomic mass is 10.1. The molecule has 1 fully saturated rings. The van der Waals surface area contributed by atoms with E-state index in [0.29, 0.717) is 12.2 Å². The predicted octanol–water partition coefficient (Wildman–Crippen LogP) is 2.27. The van der Waals surface area contributed by atoms with Gasteiger partial charge in [0, 0.05) is 5.92 Å². The summed E-state index contributed by atoms with van der Waals surface area (Å²) in [6, 6.07) is 9.05. The summed E-state index contributed by atoms with van der Waals surface area (Å²) in [5.41, 5.74) is 0.591. The molecule has 86 valence electrons. The van der Waals surface area contributed by atoms with Crippen LogP contribution in [0.4, 0.5) is 0 Å². The van der Waals surface area contributed by atoms with Crippen molar-refractivity contribution >= 4 is 5.97 Å². The van der Waals surface area contributed by atoms with E-state index in [2.05, 4.69) is 0 Å². The van der Waals surface area contributed by atoms with Crippen LogP contribution in [0.5, 0.6) is 0 Å². The van der Waals surface area contributed by atoms with Gasteiger partial charge < -0.3 is 9.47 Å². The first-order chi connectivity index (χ1) is 7.68. The molecule has 2 rings (SSSR count). The zero-order valence-corrected chi connectivity index (χ0v) is 9.55. The number of carbonyl (C=O) groups excluding carboxylic acids is 1. The van der Waals surface area contributed by atoms with E-state index in [1.807, 2.05) is 32.0 Å². The minimum atomic E-state index is -0.269. The zero-order chi connectivity index (χ0) is 11.5. The smallest absolute Gasteiger partial charge is 0.338 e. The maximum absolute atomic E-state index is 11.8. The third kappa shape index (κ3) is 2.25. The van der Waals surface area contributed by atoms with Gasteiger partial charge >= 0.3 is 5.97 Å². The average molecular weight is 220 g/mol. The van der Waals surface area contributed by atoms with Gasteiger partial charge in [-0.05, 0) is 19.1 Å². The van der Waals surface area contributed by atoms with Gasteiger partial charge in [-0.1, -0.05) is 25.1 Å². The summed E-state index contributed by atoms with van der Waals surface area (Å²) in [5.74, 6) is -0.00235. The Labute approximate surface area is 95.4 Å². The van der Waals surface area contributed by atoms with Crippen molar-refractivity contribution in [1.82, 2.24) is 0 Å². The quantitative estimate of drug-likeness (QED) is 0.717. The van der Waals surface area contributed by atoms with Crippen LogP contribution in [0.3, 0.4) is 0 Å². The van der Waals surface area contributed by atoms with Crippen molar-refractivity contribution in [3.8, 4) is 0 Å². The van der Waals surface area contributed by atoms with Crippen molar-refractivity contribution in [2.24, 2.45) is 5.92 Å². The molecule has 0 saturated carbocycles. The Morgan fingerprint density at radius 3 is 2.56 bits per heavy atom. The molecule has 0 aliphatic carbocycles. The number of carbonyl (C=O) groups is 1. The Morgan fingerprint density at radius 2 is 2.00 bits per heavy atom. The number of rotatable bonds is 2. The molecule has 1 aromatic carbocycles. The van der Waals surface area contributed by atoms with Gasteiger partial charge in [0.15, 0.2) is 0 Å². The van der Waals surface area contributed by atoms with E-state index < -0.39 is 0 Å². The van der Waals surface area contributed by atoms with Gasteiger partial charge in [-0.25, -0.2) is 4.79 Å². The van der Waals surface area contributed by atoms with E-state index in [1.165, 1.54) is 0 Å². The molecule has 1 aliphatic rings. The molecule has 0 radical (unpaired) electrons. The molecule has 1 heterocycles. The summed E-state index contributed by atoms with van der Waals surface area (Å²) >= 11 is 0. The Hall–Kier alpha value is -1.35. The molecule has 1 aromatic rings. The van der Waals surface area contributed by atoms with Gasteiger partial charge in [0.25, 0.3) is 0 Å². The topological polar surface area (TPSA) is 35.5 Å². The zero-order valence-electron chi connectivity index (χ0n) is 9.55. The molecule has 1 aliphatic heterocycles. The second-order valence-electron chi connectivity index (χ2n) is 4.25. The fraction of sp³-hybridized carbons (Fsp3) is 0.462. The minimum absolute atomic E-state index is 0.0114. The molecule has 3 heteroatoms. The van der Waals surface area contributed by atoms with E-state index in [4.69, 9.17) is 9.47 Å². The summed E-state index contributed by atoms with van der Waals surface area (Å²) in [4.78, 5) is 11.8. The van der Waals surface area contributed by atoms with Crippen molar-refractivity contribution in [2.75, 3.05) is 6.61 Å². The lowest BCUT2D eigenvalue weighted by Crippen LogP contribution is -2.29. The first kappa shape index (κ1) is 11.1. The van der Waals surface area contributed by atoms with E-state index in [9.17, 15) is 4.79 Å². The first-order valence-electron chi connectivity index (χ1n) is 5.56. The Kier molecular flexibility index (Phi) is 3.25. The van der Waals surface area contributed by atoms with E-state index >= 15 is 0 Å². The second kappa shape index (κ2) is 4.66. The molecule has 0 spiro atoms. The average Bonchev–Trinajstić information content (AvgIpc) is 2.62. The minimum Gasteiger partial charge on any atom is -0.456 e. The van der Waals surface area contributed by atoms with Crippen LogP contribution in [0.1, 0.15) is 24.2 Å². The van der Waals surface area contributed by atoms with E-state index in [0.717, 1.165) is 0 Å². The van der Waals surface area contributed by atoms with Crippen molar-refractivity contribution in [3.63, 3.8) is 0 Å². The number of ether oxygens (including phenoxy) is 2. The Bertz CT molecular complexity index is 351. The lowest BCUT2D eigenvalue weighted by molar-refractivity contribution is 0.00152. The van der Waals surface area contributed by atoms with Crippen LogP contribution in [-0.2, 0) is 9.47 Å². The largest absolute Gasteiger partial charge is 0.456 e. The van der Waals surface area contributed by atoms with Gasteiger partial charge in [0.05, 0.1) is 18.3 Å². The number of hydrogen-bond acceptors (Lipinski definition) is 3. The molecule has 16 heavy (non-hydrogen) atoms. The molecular formula is C13H16O3. The fourth-order valence-electron chi connectivity index (χ4n) is 1.93. The SMILES string of the molecule is CC1CO[C@@H](C)[C@H]1OC(=O)c1ccccc1. The second-order valence-corrected chi connectivity index (χ2v) is 4.25. The van der Waals surface area contributed by atoms with Crippen LogP contribution in [0.15, 0.2) is 30.3 Å². The summed E-state index contributed by atoms with van der Waals surface area (Å²) in [6.45, 7) is 4.63. The molecule has 1 saturated heterocycles. The molecule has 0 aromatic heterocycles. The Balaban J connectivity index is 2.02. The standard InChI is InChI=1S/C13H16O3/c1-9-8-15-10(2)12(9)16-13(14)11-6-4-3-5-7-11/h3-7,9-10,12H,8H2,1-2H3/t9?,10-,12-/m0/s1. The van der Waals surface area contributed by atoms with Crippen molar-refractivity contribution < 1.29 is 14.3 Å². The first-order valence-corrected chi connectivity index (χ1v) is 5.56.